The number of rotatable bonds is 2. The van der Waals surface area contributed by atoms with Crippen molar-refractivity contribution in [3.05, 3.63) is 29.2 Å². The SMILES string of the molecule is NS(=O)(=O)c1cc[n+]([O-])cc1C(=O)O. The number of nitrogens with zero attached hydrogens (tertiary/aromatic N) is 1. The topological polar surface area (TPSA) is 124 Å². The van der Waals surface area contributed by atoms with Crippen molar-refractivity contribution in [3.8, 4) is 0 Å². The van der Waals surface area contributed by atoms with Gasteiger partial charge in [0.2, 0.25) is 10.0 Å². The molecule has 0 saturated heterocycles. The summed E-state index contributed by atoms with van der Waals surface area (Å²) in [6.45, 7) is 0. The van der Waals surface area contributed by atoms with E-state index in [1.165, 1.54) is 0 Å². The van der Waals surface area contributed by atoms with Gasteiger partial charge in [-0.1, -0.05) is 0 Å². The number of carboxylic acids is 1. The van der Waals surface area contributed by atoms with Gasteiger partial charge in [0.05, 0.1) is 0 Å². The molecule has 8 heteroatoms. The third-order valence-corrected chi connectivity index (χ3v) is 2.40. The average Bonchev–Trinajstić information content (AvgIpc) is 2.01. The van der Waals surface area contributed by atoms with Gasteiger partial charge in [0.1, 0.15) is 10.5 Å². The van der Waals surface area contributed by atoms with Gasteiger partial charge in [-0.15, -0.1) is 0 Å². The minimum Gasteiger partial charge on any atom is -0.619 e. The molecule has 0 fully saturated rings. The highest BCUT2D eigenvalue weighted by Crippen LogP contribution is 2.10. The van der Waals surface area contributed by atoms with Gasteiger partial charge in [-0.2, -0.15) is 4.73 Å². The van der Waals surface area contributed by atoms with Crippen LogP contribution in [0.15, 0.2) is 23.4 Å². The first kappa shape index (κ1) is 10.4. The smallest absolute Gasteiger partial charge is 0.343 e. The summed E-state index contributed by atoms with van der Waals surface area (Å²) in [5, 5.41) is 24.0. The summed E-state index contributed by atoms with van der Waals surface area (Å²) < 4.78 is 21.9. The molecule has 0 aliphatic rings. The minimum absolute atomic E-state index is 0.179. The standard InChI is InChI=1S/C6H6N2O5S/c7-14(12,13)5-1-2-8(11)3-4(5)6(9)10/h1-3H,(H,9,10)(H2,7,12,13). The normalized spacial score (nSPS) is 11.2. The molecule has 0 unspecified atom stereocenters. The van der Waals surface area contributed by atoms with Gasteiger partial charge in [0.25, 0.3) is 0 Å². The summed E-state index contributed by atoms with van der Waals surface area (Å²) in [6, 6.07) is 0.839. The molecule has 0 saturated carbocycles. The van der Waals surface area contributed by atoms with Crippen molar-refractivity contribution in [1.82, 2.24) is 0 Å². The highest BCUT2D eigenvalue weighted by Gasteiger charge is 2.21. The fraction of sp³-hybridized carbons (Fsp3) is 0. The zero-order valence-electron chi connectivity index (χ0n) is 6.75. The minimum atomic E-state index is -4.13. The second kappa shape index (κ2) is 3.24. The van der Waals surface area contributed by atoms with Crippen LogP contribution in [0.25, 0.3) is 0 Å². The summed E-state index contributed by atoms with van der Waals surface area (Å²) in [4.78, 5) is 9.96. The van der Waals surface area contributed by atoms with E-state index in [9.17, 15) is 18.4 Å². The number of pyridine rings is 1. The van der Waals surface area contributed by atoms with Crippen LogP contribution >= 0.6 is 0 Å². The molecular formula is C6H6N2O5S. The first-order chi connectivity index (χ1) is 6.32. The lowest BCUT2D eigenvalue weighted by Crippen LogP contribution is -2.29. The Morgan fingerprint density at radius 1 is 1.57 bits per heavy atom. The maximum absolute atomic E-state index is 10.9. The maximum atomic E-state index is 10.9. The van der Waals surface area contributed by atoms with Crippen LogP contribution in [-0.4, -0.2) is 19.5 Å². The van der Waals surface area contributed by atoms with Crippen molar-refractivity contribution >= 4 is 16.0 Å². The van der Waals surface area contributed by atoms with Crippen LogP contribution in [-0.2, 0) is 10.0 Å². The zero-order chi connectivity index (χ0) is 10.9. The number of carbonyl (C=O) groups is 1. The first-order valence-electron chi connectivity index (χ1n) is 3.31. The van der Waals surface area contributed by atoms with Crippen LogP contribution in [0.3, 0.4) is 0 Å². The fourth-order valence-corrected chi connectivity index (χ4v) is 1.57. The maximum Gasteiger partial charge on any atom is 0.343 e. The molecule has 0 aliphatic heterocycles. The Hall–Kier alpha value is -1.67. The summed E-state index contributed by atoms with van der Waals surface area (Å²) in [6.07, 6.45) is 1.48. The third kappa shape index (κ3) is 1.98. The zero-order valence-corrected chi connectivity index (χ0v) is 7.56. The van der Waals surface area contributed by atoms with Crippen molar-refractivity contribution in [2.45, 2.75) is 4.90 Å². The predicted octanol–water partition coefficient (Wildman–Crippen LogP) is -1.33. The summed E-state index contributed by atoms with van der Waals surface area (Å²) >= 11 is 0. The summed E-state index contributed by atoms with van der Waals surface area (Å²) in [7, 11) is -4.13. The molecule has 0 atom stereocenters. The van der Waals surface area contributed by atoms with Crippen molar-refractivity contribution < 1.29 is 23.0 Å². The molecule has 3 N–H and O–H groups in total. The second-order valence-electron chi connectivity index (χ2n) is 2.43. The number of primary sulfonamides is 1. The van der Waals surface area contributed by atoms with E-state index in [4.69, 9.17) is 10.2 Å². The van der Waals surface area contributed by atoms with E-state index in [-0.39, 0.29) is 4.73 Å². The molecule has 0 bridgehead atoms. The molecule has 0 amide bonds. The van der Waals surface area contributed by atoms with Crippen LogP contribution < -0.4 is 9.87 Å². The quantitative estimate of drug-likeness (QED) is 0.469. The van der Waals surface area contributed by atoms with Gasteiger partial charge >= 0.3 is 5.97 Å². The Morgan fingerprint density at radius 3 is 2.57 bits per heavy atom. The van der Waals surface area contributed by atoms with Crippen molar-refractivity contribution in [3.63, 3.8) is 0 Å². The third-order valence-electron chi connectivity index (χ3n) is 1.43. The van der Waals surface area contributed by atoms with Crippen molar-refractivity contribution in [1.29, 1.82) is 0 Å². The number of aromatic nitrogens is 1. The molecule has 0 aliphatic carbocycles. The average molecular weight is 218 g/mol. The fourth-order valence-electron chi connectivity index (χ4n) is 0.874. The van der Waals surface area contributed by atoms with Crippen LogP contribution in [0.1, 0.15) is 10.4 Å². The lowest BCUT2D eigenvalue weighted by molar-refractivity contribution is -0.605. The number of carboxylic acid groups (broad SMARTS) is 1. The van der Waals surface area contributed by atoms with E-state index in [1.54, 1.807) is 0 Å². The Balaban J connectivity index is 3.53. The molecule has 1 heterocycles. The highest BCUT2D eigenvalue weighted by atomic mass is 32.2. The van der Waals surface area contributed by atoms with Crippen LogP contribution in [0.4, 0.5) is 0 Å². The van der Waals surface area contributed by atoms with E-state index in [1.807, 2.05) is 0 Å². The molecule has 0 radical (unpaired) electrons. The van der Waals surface area contributed by atoms with Crippen LogP contribution in [0.5, 0.6) is 0 Å². The first-order valence-corrected chi connectivity index (χ1v) is 4.86. The number of nitrogens with two attached hydrogens (primary N) is 1. The van der Waals surface area contributed by atoms with Gasteiger partial charge in [0, 0.05) is 6.07 Å². The molecule has 1 rings (SSSR count). The number of aromatic carboxylic acids is 1. The Labute approximate surface area is 79.0 Å². The highest BCUT2D eigenvalue weighted by molar-refractivity contribution is 7.89. The number of sulfonamides is 1. The summed E-state index contributed by atoms with van der Waals surface area (Å²) in [5.41, 5.74) is -0.648. The Bertz CT molecular complexity index is 481. The monoisotopic (exact) mass is 218 g/mol. The number of hydrogen-bond acceptors (Lipinski definition) is 4. The molecule has 0 spiro atoms. The molecule has 1 aromatic heterocycles. The Morgan fingerprint density at radius 2 is 2.14 bits per heavy atom. The lowest BCUT2D eigenvalue weighted by atomic mass is 10.3. The molecule has 14 heavy (non-hydrogen) atoms. The van der Waals surface area contributed by atoms with Crippen LogP contribution in [0, 0.1) is 5.21 Å². The van der Waals surface area contributed by atoms with Crippen molar-refractivity contribution in [2.75, 3.05) is 0 Å². The van der Waals surface area contributed by atoms with E-state index in [2.05, 4.69) is 0 Å². The second-order valence-corrected chi connectivity index (χ2v) is 3.96. The molecule has 1 aromatic rings. The Kier molecular flexibility index (Phi) is 2.41. The van der Waals surface area contributed by atoms with E-state index in [0.29, 0.717) is 6.20 Å². The van der Waals surface area contributed by atoms with Crippen LogP contribution in [0.2, 0.25) is 0 Å². The molecule has 7 nitrogen and oxygen atoms in total. The molecular weight excluding hydrogens is 212 g/mol. The van der Waals surface area contributed by atoms with Gasteiger partial charge in [-0.25, -0.2) is 18.4 Å². The lowest BCUT2D eigenvalue weighted by Gasteiger charge is -2.02. The van der Waals surface area contributed by atoms with Gasteiger partial charge in [0.15, 0.2) is 12.4 Å². The molecule has 76 valence electrons. The van der Waals surface area contributed by atoms with Gasteiger partial charge in [-0.05, 0) is 0 Å². The van der Waals surface area contributed by atoms with E-state index >= 15 is 0 Å². The molecule has 0 aromatic carbocycles. The summed E-state index contributed by atoms with van der Waals surface area (Å²) in [5.74, 6) is -1.53. The largest absolute Gasteiger partial charge is 0.619 e. The van der Waals surface area contributed by atoms with Gasteiger partial charge < -0.3 is 10.3 Å². The predicted molar refractivity (Wildman–Crippen MR) is 43.7 cm³/mol. The van der Waals surface area contributed by atoms with Gasteiger partial charge in [-0.3, -0.25) is 0 Å². The number of hydrogen-bond donors (Lipinski definition) is 2. The van der Waals surface area contributed by atoms with E-state index < -0.39 is 26.5 Å². The van der Waals surface area contributed by atoms with Crippen molar-refractivity contribution in [2.24, 2.45) is 5.14 Å². The van der Waals surface area contributed by atoms with E-state index in [0.717, 1.165) is 12.3 Å².